The lowest BCUT2D eigenvalue weighted by molar-refractivity contribution is 0.0575. The molecule has 1 aliphatic rings. The molecule has 0 aromatic heterocycles. The van der Waals surface area contributed by atoms with Crippen molar-refractivity contribution < 1.29 is 27.2 Å². The van der Waals surface area contributed by atoms with Crippen molar-refractivity contribution in [3.8, 4) is 0 Å². The predicted molar refractivity (Wildman–Crippen MR) is 76.2 cm³/mol. The van der Waals surface area contributed by atoms with Crippen LogP contribution in [0, 0.1) is 23.3 Å². The van der Waals surface area contributed by atoms with E-state index in [0.717, 1.165) is 0 Å². The van der Waals surface area contributed by atoms with Gasteiger partial charge in [0.05, 0.1) is 17.2 Å². The van der Waals surface area contributed by atoms with Gasteiger partial charge in [-0.3, -0.25) is 14.5 Å². The van der Waals surface area contributed by atoms with E-state index in [0.29, 0.717) is 10.5 Å². The zero-order valence-corrected chi connectivity index (χ0v) is 12.4. The van der Waals surface area contributed by atoms with Crippen LogP contribution in [0.3, 0.4) is 0 Å². The largest absolute Gasteiger partial charge is 0.268 e. The summed E-state index contributed by atoms with van der Waals surface area (Å²) in [6, 6.07) is 7.57. The number of halogens is 4. The number of carbonyl (C=O) groups is 2. The molecule has 0 radical (unpaired) electrons. The van der Waals surface area contributed by atoms with Gasteiger partial charge >= 0.3 is 0 Å². The summed E-state index contributed by atoms with van der Waals surface area (Å²) in [6.07, 6.45) is 0.268. The number of hydrogen-bond acceptors (Lipinski definition) is 2. The minimum Gasteiger partial charge on any atom is -0.268 e. The van der Waals surface area contributed by atoms with Gasteiger partial charge in [-0.2, -0.15) is 0 Å². The van der Waals surface area contributed by atoms with Gasteiger partial charge in [0.1, 0.15) is 0 Å². The van der Waals surface area contributed by atoms with Crippen molar-refractivity contribution >= 4 is 11.8 Å². The Kier molecular flexibility index (Phi) is 3.87. The number of nitrogens with zero attached hydrogens (tertiary/aromatic N) is 1. The van der Waals surface area contributed by atoms with E-state index in [9.17, 15) is 27.2 Å². The third-order valence-electron chi connectivity index (χ3n) is 4.02. The van der Waals surface area contributed by atoms with Crippen molar-refractivity contribution in [3.05, 3.63) is 70.3 Å². The van der Waals surface area contributed by atoms with Crippen LogP contribution in [0.2, 0.25) is 0 Å². The van der Waals surface area contributed by atoms with E-state index in [1.54, 1.807) is 37.3 Å². The summed E-state index contributed by atoms with van der Waals surface area (Å²) in [5.41, 5.74) is -1.56. The molecule has 0 saturated heterocycles. The summed E-state index contributed by atoms with van der Waals surface area (Å²) in [5.74, 6) is -10.3. The van der Waals surface area contributed by atoms with Gasteiger partial charge in [0.2, 0.25) is 0 Å². The Morgan fingerprint density at radius 3 is 1.71 bits per heavy atom. The minimum atomic E-state index is -2.11. The van der Waals surface area contributed by atoms with Gasteiger partial charge in [-0.1, -0.05) is 37.3 Å². The molecule has 1 aliphatic heterocycles. The fraction of sp³-hybridized carbons (Fsp3) is 0.176. The molecule has 2 amide bonds. The summed E-state index contributed by atoms with van der Waals surface area (Å²) in [7, 11) is 0. The first-order valence-electron chi connectivity index (χ1n) is 7.18. The first-order chi connectivity index (χ1) is 11.4. The SMILES string of the molecule is CC[C@H](c1ccccc1)N1C(=O)c2c(F)c(F)c(F)c(F)c2C1=O. The van der Waals surface area contributed by atoms with Gasteiger partial charge in [0.15, 0.2) is 23.3 Å². The molecule has 0 fully saturated rings. The topological polar surface area (TPSA) is 37.4 Å². The molecule has 0 spiro atoms. The molecule has 24 heavy (non-hydrogen) atoms. The van der Waals surface area contributed by atoms with Crippen LogP contribution in [0.4, 0.5) is 17.6 Å². The van der Waals surface area contributed by atoms with Gasteiger partial charge in [-0.25, -0.2) is 17.6 Å². The van der Waals surface area contributed by atoms with Crippen LogP contribution in [0.25, 0.3) is 0 Å². The maximum atomic E-state index is 13.9. The highest BCUT2D eigenvalue weighted by molar-refractivity contribution is 6.21. The third-order valence-corrected chi connectivity index (χ3v) is 4.02. The number of hydrogen-bond donors (Lipinski definition) is 0. The van der Waals surface area contributed by atoms with E-state index in [1.807, 2.05) is 0 Å². The molecule has 0 unspecified atom stereocenters. The van der Waals surface area contributed by atoms with Crippen LogP contribution in [0.1, 0.15) is 45.7 Å². The molecule has 2 aromatic carbocycles. The number of rotatable bonds is 3. The third kappa shape index (κ3) is 2.11. The van der Waals surface area contributed by atoms with E-state index < -0.39 is 52.3 Å². The Hall–Kier alpha value is -2.70. The number of imide groups is 1. The van der Waals surface area contributed by atoms with Gasteiger partial charge in [0, 0.05) is 0 Å². The van der Waals surface area contributed by atoms with Crippen molar-refractivity contribution in [2.24, 2.45) is 0 Å². The average Bonchev–Trinajstić information content (AvgIpc) is 2.85. The highest BCUT2D eigenvalue weighted by atomic mass is 19.2. The molecule has 124 valence electrons. The van der Waals surface area contributed by atoms with Crippen molar-refractivity contribution in [2.45, 2.75) is 19.4 Å². The molecule has 2 aromatic rings. The molecule has 1 atom stereocenters. The minimum absolute atomic E-state index is 0.268. The molecule has 1 heterocycles. The van der Waals surface area contributed by atoms with Crippen molar-refractivity contribution in [1.29, 1.82) is 0 Å². The van der Waals surface area contributed by atoms with Crippen molar-refractivity contribution in [1.82, 2.24) is 4.90 Å². The highest BCUT2D eigenvalue weighted by Crippen LogP contribution is 2.37. The Labute approximate surface area is 134 Å². The van der Waals surface area contributed by atoms with E-state index >= 15 is 0 Å². The van der Waals surface area contributed by atoms with E-state index in [2.05, 4.69) is 0 Å². The lowest BCUT2D eigenvalue weighted by atomic mass is 10.0. The number of amides is 2. The zero-order valence-electron chi connectivity index (χ0n) is 12.4. The summed E-state index contributed by atoms with van der Waals surface area (Å²) in [5, 5.41) is 0. The van der Waals surface area contributed by atoms with Crippen LogP contribution in [-0.2, 0) is 0 Å². The highest BCUT2D eigenvalue weighted by Gasteiger charge is 2.46. The van der Waals surface area contributed by atoms with Crippen molar-refractivity contribution in [2.75, 3.05) is 0 Å². The van der Waals surface area contributed by atoms with E-state index in [-0.39, 0.29) is 6.42 Å². The molecule has 0 aliphatic carbocycles. The molecule has 0 N–H and O–H groups in total. The Morgan fingerprint density at radius 2 is 1.29 bits per heavy atom. The normalized spacial score (nSPS) is 15.0. The number of fused-ring (bicyclic) bond motifs is 1. The maximum Gasteiger partial charge on any atom is 0.265 e. The second-order valence-electron chi connectivity index (χ2n) is 5.32. The van der Waals surface area contributed by atoms with Crippen LogP contribution in [0.5, 0.6) is 0 Å². The van der Waals surface area contributed by atoms with Gasteiger partial charge in [0.25, 0.3) is 11.8 Å². The quantitative estimate of drug-likeness (QED) is 0.368. The first kappa shape index (κ1) is 16.2. The molecule has 3 nitrogen and oxygen atoms in total. The fourth-order valence-electron chi connectivity index (χ4n) is 2.89. The lowest BCUT2D eigenvalue weighted by Gasteiger charge is -2.25. The second kappa shape index (κ2) is 5.74. The zero-order chi connectivity index (χ0) is 17.6. The molecule has 0 bridgehead atoms. The molecule has 3 rings (SSSR count). The predicted octanol–water partition coefficient (Wildman–Crippen LogP) is 3.99. The van der Waals surface area contributed by atoms with Crippen LogP contribution >= 0.6 is 0 Å². The lowest BCUT2D eigenvalue weighted by Crippen LogP contribution is -2.34. The summed E-state index contributed by atoms with van der Waals surface area (Å²) in [6.45, 7) is 1.68. The van der Waals surface area contributed by atoms with E-state index in [4.69, 9.17) is 0 Å². The Morgan fingerprint density at radius 1 is 0.833 bits per heavy atom. The molecule has 7 heteroatoms. The fourth-order valence-corrected chi connectivity index (χ4v) is 2.89. The smallest absolute Gasteiger partial charge is 0.265 e. The van der Waals surface area contributed by atoms with E-state index in [1.165, 1.54) is 0 Å². The Balaban J connectivity index is 2.17. The molecule has 0 saturated carbocycles. The summed E-state index contributed by atoms with van der Waals surface area (Å²) < 4.78 is 54.7. The van der Waals surface area contributed by atoms with Gasteiger partial charge in [-0.05, 0) is 12.0 Å². The maximum absolute atomic E-state index is 13.9. The molecular weight excluding hydrogens is 326 g/mol. The summed E-state index contributed by atoms with van der Waals surface area (Å²) >= 11 is 0. The van der Waals surface area contributed by atoms with Gasteiger partial charge < -0.3 is 0 Å². The van der Waals surface area contributed by atoms with Crippen LogP contribution in [0.15, 0.2) is 30.3 Å². The second-order valence-corrected chi connectivity index (χ2v) is 5.32. The van der Waals surface area contributed by atoms with Gasteiger partial charge in [-0.15, -0.1) is 0 Å². The average molecular weight is 337 g/mol. The Bertz CT molecular complexity index is 805. The number of benzene rings is 2. The summed E-state index contributed by atoms with van der Waals surface area (Å²) in [4.78, 5) is 25.5. The monoisotopic (exact) mass is 337 g/mol. The standard InChI is InChI=1S/C17H11F4NO2/c1-2-9(8-6-4-3-5-7-8)22-16(23)10-11(17(22)24)13(19)15(21)14(20)12(10)18/h3-7,9H,2H2,1H3/t9-/m1/s1. The first-order valence-corrected chi connectivity index (χ1v) is 7.18. The molecular formula is C17H11F4NO2. The van der Waals surface area contributed by atoms with Crippen LogP contribution in [-0.4, -0.2) is 16.7 Å². The van der Waals surface area contributed by atoms with Crippen LogP contribution < -0.4 is 0 Å². The number of carbonyl (C=O) groups excluding carboxylic acids is 2. The van der Waals surface area contributed by atoms with Crippen molar-refractivity contribution in [3.63, 3.8) is 0 Å².